The van der Waals surface area contributed by atoms with Crippen LogP contribution in [-0.2, 0) is 29.7 Å². The summed E-state index contributed by atoms with van der Waals surface area (Å²) in [5, 5.41) is 7.64. The van der Waals surface area contributed by atoms with E-state index in [0.717, 1.165) is 35.5 Å². The third kappa shape index (κ3) is 3.09. The van der Waals surface area contributed by atoms with E-state index in [4.69, 9.17) is 9.47 Å². The lowest BCUT2D eigenvalue weighted by Crippen LogP contribution is -2.32. The zero-order valence-electron chi connectivity index (χ0n) is 14.8. The Balaban J connectivity index is 1.55. The van der Waals surface area contributed by atoms with Crippen LogP contribution < -0.4 is 5.32 Å². The van der Waals surface area contributed by atoms with Crippen LogP contribution in [0.1, 0.15) is 27.8 Å². The number of aryl methyl sites for hydroxylation is 1. The molecule has 1 N–H and O–H groups in total. The monoisotopic (exact) mass is 355 g/mol. The van der Waals surface area contributed by atoms with Gasteiger partial charge in [-0.05, 0) is 18.2 Å². The molecule has 0 fully saturated rings. The molecule has 1 atom stereocenters. The Morgan fingerprint density at radius 3 is 3.12 bits per heavy atom. The fourth-order valence-corrected chi connectivity index (χ4v) is 3.36. The van der Waals surface area contributed by atoms with Crippen LogP contribution in [0.3, 0.4) is 0 Å². The smallest absolute Gasteiger partial charge is 0.337 e. The van der Waals surface area contributed by atoms with Gasteiger partial charge in [0.15, 0.2) is 0 Å². The van der Waals surface area contributed by atoms with Crippen LogP contribution in [0.2, 0.25) is 0 Å². The predicted octanol–water partition coefficient (Wildman–Crippen LogP) is 1.42. The first kappa shape index (κ1) is 16.7. The third-order valence-corrected chi connectivity index (χ3v) is 4.56. The van der Waals surface area contributed by atoms with Gasteiger partial charge in [0.1, 0.15) is 12.4 Å². The molecule has 0 saturated heterocycles. The number of carbonyl (C=O) groups is 1. The van der Waals surface area contributed by atoms with Gasteiger partial charge in [-0.2, -0.15) is 5.10 Å². The molecule has 26 heavy (non-hydrogen) atoms. The van der Waals surface area contributed by atoms with Crippen molar-refractivity contribution in [3.8, 4) is 0 Å². The SMILES string of the molecule is COC(=O)c1ccc2c(c1)nc1n2C(CNCc2cnn(C)c2)COC1. The van der Waals surface area contributed by atoms with Crippen LogP contribution in [0.4, 0.5) is 0 Å². The molecule has 0 radical (unpaired) electrons. The molecular formula is C18H21N5O3. The van der Waals surface area contributed by atoms with Crippen molar-refractivity contribution in [2.75, 3.05) is 20.3 Å². The Kier molecular flexibility index (Phi) is 4.44. The van der Waals surface area contributed by atoms with Crippen molar-refractivity contribution in [3.63, 3.8) is 0 Å². The normalized spacial score (nSPS) is 16.6. The van der Waals surface area contributed by atoms with Gasteiger partial charge in [-0.15, -0.1) is 0 Å². The molecule has 0 bridgehead atoms. The first-order valence-corrected chi connectivity index (χ1v) is 8.51. The standard InChI is InChI=1S/C18H21N5O3/c1-22-9-12(7-20-22)6-19-8-14-10-26-11-17-21-15-5-13(18(24)25-2)3-4-16(15)23(14)17/h3-5,7,9,14,19H,6,8,10-11H2,1-2H3. The van der Waals surface area contributed by atoms with Crippen LogP contribution in [0.5, 0.6) is 0 Å². The summed E-state index contributed by atoms with van der Waals surface area (Å²) in [4.78, 5) is 16.4. The Labute approximate surface area is 150 Å². The number of benzene rings is 1. The molecule has 1 aliphatic heterocycles. The van der Waals surface area contributed by atoms with Crippen LogP contribution in [0.15, 0.2) is 30.6 Å². The number of methoxy groups -OCH3 is 1. The highest BCUT2D eigenvalue weighted by molar-refractivity contribution is 5.93. The van der Waals surface area contributed by atoms with Gasteiger partial charge in [-0.1, -0.05) is 0 Å². The number of aromatic nitrogens is 4. The molecule has 0 aliphatic carbocycles. The lowest BCUT2D eigenvalue weighted by atomic mass is 10.2. The van der Waals surface area contributed by atoms with Gasteiger partial charge < -0.3 is 19.4 Å². The number of ether oxygens (including phenoxy) is 2. The minimum atomic E-state index is -0.358. The Morgan fingerprint density at radius 2 is 2.35 bits per heavy atom. The number of esters is 1. The highest BCUT2D eigenvalue weighted by atomic mass is 16.5. The molecule has 1 aromatic carbocycles. The highest BCUT2D eigenvalue weighted by Crippen LogP contribution is 2.26. The quantitative estimate of drug-likeness (QED) is 0.697. The van der Waals surface area contributed by atoms with E-state index < -0.39 is 0 Å². The first-order valence-electron chi connectivity index (χ1n) is 8.51. The molecule has 8 heteroatoms. The van der Waals surface area contributed by atoms with Crippen LogP contribution in [0.25, 0.3) is 11.0 Å². The Hall–Kier alpha value is -2.71. The summed E-state index contributed by atoms with van der Waals surface area (Å²) in [6.45, 7) is 2.60. The second-order valence-corrected chi connectivity index (χ2v) is 6.42. The fraction of sp³-hybridized carbons (Fsp3) is 0.389. The maximum atomic E-state index is 11.7. The second-order valence-electron chi connectivity index (χ2n) is 6.42. The van der Waals surface area contributed by atoms with Gasteiger partial charge in [0.05, 0.1) is 42.6 Å². The number of nitrogens with zero attached hydrogens (tertiary/aromatic N) is 4. The average Bonchev–Trinajstić information content (AvgIpc) is 3.23. The molecule has 4 rings (SSSR count). The predicted molar refractivity (Wildman–Crippen MR) is 94.7 cm³/mol. The highest BCUT2D eigenvalue weighted by Gasteiger charge is 2.24. The average molecular weight is 355 g/mol. The van der Waals surface area contributed by atoms with E-state index in [9.17, 15) is 4.79 Å². The number of hydrogen-bond donors (Lipinski definition) is 1. The minimum absolute atomic E-state index is 0.143. The van der Waals surface area contributed by atoms with Gasteiger partial charge >= 0.3 is 5.97 Å². The first-order chi connectivity index (χ1) is 12.7. The van der Waals surface area contributed by atoms with Crippen molar-refractivity contribution in [2.45, 2.75) is 19.2 Å². The lowest BCUT2D eigenvalue weighted by Gasteiger charge is -2.26. The minimum Gasteiger partial charge on any atom is -0.465 e. The molecule has 3 heterocycles. The molecule has 1 aliphatic rings. The third-order valence-electron chi connectivity index (χ3n) is 4.56. The lowest BCUT2D eigenvalue weighted by molar-refractivity contribution is 0.0564. The van der Waals surface area contributed by atoms with E-state index in [-0.39, 0.29) is 12.0 Å². The summed E-state index contributed by atoms with van der Waals surface area (Å²) in [5.74, 6) is 0.519. The van der Waals surface area contributed by atoms with Crippen LogP contribution in [0, 0.1) is 0 Å². The maximum Gasteiger partial charge on any atom is 0.337 e. The molecule has 2 aromatic heterocycles. The maximum absolute atomic E-state index is 11.7. The van der Waals surface area contributed by atoms with Gasteiger partial charge in [-0.3, -0.25) is 4.68 Å². The number of imidazole rings is 1. The summed E-state index contributed by atoms with van der Waals surface area (Å²) in [6, 6.07) is 5.62. The number of hydrogen-bond acceptors (Lipinski definition) is 6. The summed E-state index contributed by atoms with van der Waals surface area (Å²) < 4.78 is 14.5. The fourth-order valence-electron chi connectivity index (χ4n) is 3.36. The van der Waals surface area contributed by atoms with E-state index in [1.165, 1.54) is 7.11 Å². The van der Waals surface area contributed by atoms with Crippen molar-refractivity contribution in [3.05, 3.63) is 47.5 Å². The number of nitrogens with one attached hydrogen (secondary N) is 1. The van der Waals surface area contributed by atoms with Crippen LogP contribution >= 0.6 is 0 Å². The Bertz CT molecular complexity index is 946. The molecule has 0 amide bonds. The van der Waals surface area contributed by atoms with E-state index >= 15 is 0 Å². The van der Waals surface area contributed by atoms with Gasteiger partial charge in [0.25, 0.3) is 0 Å². The molecule has 0 spiro atoms. The van der Waals surface area contributed by atoms with Gasteiger partial charge in [0.2, 0.25) is 0 Å². The van der Waals surface area contributed by atoms with Crippen molar-refractivity contribution in [1.29, 1.82) is 0 Å². The topological polar surface area (TPSA) is 83.2 Å². The molecule has 8 nitrogen and oxygen atoms in total. The van der Waals surface area contributed by atoms with Crippen LogP contribution in [-0.4, -0.2) is 45.6 Å². The zero-order chi connectivity index (χ0) is 18.1. The number of carbonyl (C=O) groups excluding carboxylic acids is 1. The van der Waals surface area contributed by atoms with Crippen molar-refractivity contribution >= 4 is 17.0 Å². The summed E-state index contributed by atoms with van der Waals surface area (Å²) >= 11 is 0. The van der Waals surface area contributed by atoms with E-state index in [1.54, 1.807) is 16.8 Å². The molecule has 136 valence electrons. The van der Waals surface area contributed by atoms with Gasteiger partial charge in [0, 0.05) is 31.9 Å². The van der Waals surface area contributed by atoms with E-state index in [1.807, 2.05) is 25.5 Å². The molecular weight excluding hydrogens is 334 g/mol. The molecule has 0 saturated carbocycles. The van der Waals surface area contributed by atoms with Crippen molar-refractivity contribution in [1.82, 2.24) is 24.6 Å². The van der Waals surface area contributed by atoms with E-state index in [2.05, 4.69) is 20.0 Å². The van der Waals surface area contributed by atoms with Crippen molar-refractivity contribution in [2.24, 2.45) is 7.05 Å². The number of rotatable bonds is 5. The number of fused-ring (bicyclic) bond motifs is 3. The second kappa shape index (κ2) is 6.89. The summed E-state index contributed by atoms with van der Waals surface area (Å²) in [7, 11) is 3.29. The van der Waals surface area contributed by atoms with E-state index in [0.29, 0.717) is 18.8 Å². The molecule has 3 aromatic rings. The molecule has 1 unspecified atom stereocenters. The largest absolute Gasteiger partial charge is 0.465 e. The summed E-state index contributed by atoms with van der Waals surface area (Å²) in [5.41, 5.74) is 3.43. The Morgan fingerprint density at radius 1 is 1.46 bits per heavy atom. The summed E-state index contributed by atoms with van der Waals surface area (Å²) in [6.07, 6.45) is 3.85. The van der Waals surface area contributed by atoms with Gasteiger partial charge in [-0.25, -0.2) is 9.78 Å². The zero-order valence-corrected chi connectivity index (χ0v) is 14.8. The van der Waals surface area contributed by atoms with Crippen molar-refractivity contribution < 1.29 is 14.3 Å².